The molecule has 0 radical (unpaired) electrons. The quantitative estimate of drug-likeness (QED) is 0.733. The minimum Gasteiger partial charge on any atom is -0.337 e. The second-order valence-electron chi connectivity index (χ2n) is 6.79. The number of nitrogens with zero attached hydrogens (tertiary/aromatic N) is 3. The number of carbonyl (C=O) groups is 1. The highest BCUT2D eigenvalue weighted by Gasteiger charge is 2.31. The number of halogens is 1. The van der Waals surface area contributed by atoms with Gasteiger partial charge in [-0.25, -0.2) is 8.42 Å². The van der Waals surface area contributed by atoms with Crippen molar-refractivity contribution in [1.82, 2.24) is 14.7 Å². The summed E-state index contributed by atoms with van der Waals surface area (Å²) in [6, 6.07) is 7.22. The molecule has 1 fully saturated rings. The Morgan fingerprint density at radius 3 is 2.65 bits per heavy atom. The summed E-state index contributed by atoms with van der Waals surface area (Å²) in [5, 5.41) is 4.57. The number of hydrogen-bond acceptors (Lipinski definition) is 4. The van der Waals surface area contributed by atoms with Gasteiger partial charge in [-0.2, -0.15) is 5.10 Å². The molecule has 0 spiro atoms. The SMILES string of the molecule is Cc1nn(C2CCS(=O)(=O)C2)c(C)c1CN(C)C(=O)c1ccccc1Br. The van der Waals surface area contributed by atoms with Crippen LogP contribution in [0, 0.1) is 13.8 Å². The average molecular weight is 440 g/mol. The van der Waals surface area contributed by atoms with Crippen LogP contribution in [0.15, 0.2) is 28.7 Å². The van der Waals surface area contributed by atoms with E-state index in [1.165, 1.54) is 0 Å². The third kappa shape index (κ3) is 3.71. The molecule has 1 aliphatic heterocycles. The fourth-order valence-electron chi connectivity index (χ4n) is 3.40. The van der Waals surface area contributed by atoms with Crippen molar-refractivity contribution in [3.05, 3.63) is 51.3 Å². The number of amides is 1. The van der Waals surface area contributed by atoms with Gasteiger partial charge in [-0.15, -0.1) is 0 Å². The van der Waals surface area contributed by atoms with E-state index in [9.17, 15) is 13.2 Å². The van der Waals surface area contributed by atoms with Crippen molar-refractivity contribution in [2.75, 3.05) is 18.6 Å². The third-order valence-corrected chi connectivity index (χ3v) is 7.32. The Morgan fingerprint density at radius 2 is 2.04 bits per heavy atom. The van der Waals surface area contributed by atoms with E-state index < -0.39 is 9.84 Å². The first-order valence-electron chi connectivity index (χ1n) is 8.44. The number of benzene rings is 1. The standard InChI is InChI=1S/C18H22BrN3O3S/c1-12-16(10-21(3)18(23)15-6-4-5-7-17(15)19)13(2)22(20-12)14-8-9-26(24,25)11-14/h4-7,14H,8-11H2,1-3H3. The van der Waals surface area contributed by atoms with Gasteiger partial charge in [-0.3, -0.25) is 9.48 Å². The van der Waals surface area contributed by atoms with Crippen LogP contribution >= 0.6 is 15.9 Å². The molecule has 0 bridgehead atoms. The van der Waals surface area contributed by atoms with Crippen molar-refractivity contribution in [3.8, 4) is 0 Å². The largest absolute Gasteiger partial charge is 0.337 e. The fourth-order valence-corrected chi connectivity index (χ4v) is 5.55. The molecule has 140 valence electrons. The molecule has 26 heavy (non-hydrogen) atoms. The van der Waals surface area contributed by atoms with Crippen LogP contribution in [0.3, 0.4) is 0 Å². The smallest absolute Gasteiger partial charge is 0.255 e. The lowest BCUT2D eigenvalue weighted by atomic mass is 10.1. The molecular weight excluding hydrogens is 418 g/mol. The number of hydrogen-bond donors (Lipinski definition) is 0. The lowest BCUT2D eigenvalue weighted by Crippen LogP contribution is -2.27. The van der Waals surface area contributed by atoms with Crippen molar-refractivity contribution < 1.29 is 13.2 Å². The molecule has 1 saturated heterocycles. The van der Waals surface area contributed by atoms with Crippen LogP contribution in [0.2, 0.25) is 0 Å². The Labute approximate surface area is 162 Å². The summed E-state index contributed by atoms with van der Waals surface area (Å²) in [5.74, 6) is 0.277. The van der Waals surface area contributed by atoms with E-state index in [0.717, 1.165) is 21.4 Å². The minimum absolute atomic E-state index is 0.0764. The summed E-state index contributed by atoms with van der Waals surface area (Å²) in [6.45, 7) is 4.27. The molecule has 3 rings (SSSR count). The molecule has 1 amide bonds. The summed E-state index contributed by atoms with van der Waals surface area (Å²) in [5.41, 5.74) is 3.34. The molecule has 1 aliphatic rings. The number of aryl methyl sites for hydroxylation is 1. The predicted molar refractivity (Wildman–Crippen MR) is 104 cm³/mol. The van der Waals surface area contributed by atoms with E-state index in [-0.39, 0.29) is 23.5 Å². The second kappa shape index (κ2) is 7.15. The number of carbonyl (C=O) groups excluding carboxylic acids is 1. The first-order valence-corrected chi connectivity index (χ1v) is 11.1. The van der Waals surface area contributed by atoms with Crippen molar-refractivity contribution in [2.45, 2.75) is 32.9 Å². The van der Waals surface area contributed by atoms with Crippen molar-refractivity contribution in [2.24, 2.45) is 0 Å². The molecule has 2 aromatic rings. The zero-order valence-corrected chi connectivity index (χ0v) is 17.5. The Kier molecular flexibility index (Phi) is 5.25. The molecule has 1 atom stereocenters. The Bertz CT molecular complexity index is 953. The molecule has 0 aliphatic carbocycles. The van der Waals surface area contributed by atoms with E-state index in [1.54, 1.807) is 18.0 Å². The van der Waals surface area contributed by atoms with Crippen LogP contribution < -0.4 is 0 Å². The molecule has 6 nitrogen and oxygen atoms in total. The van der Waals surface area contributed by atoms with Gasteiger partial charge in [0.05, 0.1) is 28.8 Å². The van der Waals surface area contributed by atoms with Crippen LogP contribution in [0.1, 0.15) is 39.8 Å². The molecular formula is C18H22BrN3O3S. The highest BCUT2D eigenvalue weighted by Crippen LogP contribution is 2.27. The van der Waals surface area contributed by atoms with E-state index in [1.807, 2.05) is 36.7 Å². The number of aromatic nitrogens is 2. The zero-order chi connectivity index (χ0) is 19.1. The molecule has 1 aromatic carbocycles. The van der Waals surface area contributed by atoms with Gasteiger partial charge in [0.2, 0.25) is 0 Å². The fraction of sp³-hybridized carbons (Fsp3) is 0.444. The zero-order valence-electron chi connectivity index (χ0n) is 15.1. The van der Waals surface area contributed by atoms with Gasteiger partial charge in [0.25, 0.3) is 5.91 Å². The lowest BCUT2D eigenvalue weighted by Gasteiger charge is -2.19. The number of rotatable bonds is 4. The van der Waals surface area contributed by atoms with E-state index in [0.29, 0.717) is 18.5 Å². The van der Waals surface area contributed by atoms with Gasteiger partial charge in [0.1, 0.15) is 0 Å². The lowest BCUT2D eigenvalue weighted by molar-refractivity contribution is 0.0784. The van der Waals surface area contributed by atoms with Gasteiger partial charge in [0.15, 0.2) is 9.84 Å². The molecule has 0 saturated carbocycles. The Balaban J connectivity index is 1.82. The first-order chi connectivity index (χ1) is 12.2. The highest BCUT2D eigenvalue weighted by atomic mass is 79.9. The van der Waals surface area contributed by atoms with Gasteiger partial charge in [0, 0.05) is 29.3 Å². The van der Waals surface area contributed by atoms with Crippen molar-refractivity contribution >= 4 is 31.7 Å². The maximum atomic E-state index is 12.7. The van der Waals surface area contributed by atoms with Crippen LogP contribution in [0.4, 0.5) is 0 Å². The molecule has 1 unspecified atom stereocenters. The molecule has 8 heteroatoms. The normalized spacial score (nSPS) is 18.8. The van der Waals surface area contributed by atoms with Crippen LogP contribution in [-0.4, -0.2) is 47.6 Å². The predicted octanol–water partition coefficient (Wildman–Crippen LogP) is 2.89. The van der Waals surface area contributed by atoms with Gasteiger partial charge >= 0.3 is 0 Å². The van der Waals surface area contributed by atoms with Gasteiger partial charge in [-0.05, 0) is 48.3 Å². The summed E-state index contributed by atoms with van der Waals surface area (Å²) >= 11 is 3.42. The average Bonchev–Trinajstić information content (AvgIpc) is 3.08. The van der Waals surface area contributed by atoms with E-state index in [2.05, 4.69) is 21.0 Å². The van der Waals surface area contributed by atoms with Crippen LogP contribution in [0.5, 0.6) is 0 Å². The molecule has 2 heterocycles. The summed E-state index contributed by atoms with van der Waals surface area (Å²) < 4.78 is 26.1. The van der Waals surface area contributed by atoms with Crippen molar-refractivity contribution in [1.29, 1.82) is 0 Å². The first kappa shape index (κ1) is 19.1. The summed E-state index contributed by atoms with van der Waals surface area (Å²) in [7, 11) is -1.21. The second-order valence-corrected chi connectivity index (χ2v) is 9.87. The third-order valence-electron chi connectivity index (χ3n) is 4.88. The minimum atomic E-state index is -2.97. The Morgan fingerprint density at radius 1 is 1.35 bits per heavy atom. The van der Waals surface area contributed by atoms with Crippen LogP contribution in [0.25, 0.3) is 0 Å². The monoisotopic (exact) mass is 439 g/mol. The Hall–Kier alpha value is -1.67. The molecule has 0 N–H and O–H groups in total. The number of sulfone groups is 1. The summed E-state index contributed by atoms with van der Waals surface area (Å²) in [6.07, 6.45) is 0.593. The molecule has 1 aromatic heterocycles. The van der Waals surface area contributed by atoms with E-state index in [4.69, 9.17) is 0 Å². The maximum absolute atomic E-state index is 12.7. The highest BCUT2D eigenvalue weighted by molar-refractivity contribution is 9.10. The van der Waals surface area contributed by atoms with Crippen LogP contribution in [-0.2, 0) is 16.4 Å². The summed E-state index contributed by atoms with van der Waals surface area (Å²) in [4.78, 5) is 14.4. The van der Waals surface area contributed by atoms with Crippen molar-refractivity contribution in [3.63, 3.8) is 0 Å². The van der Waals surface area contributed by atoms with E-state index >= 15 is 0 Å². The van der Waals surface area contributed by atoms with Gasteiger partial charge < -0.3 is 4.90 Å². The van der Waals surface area contributed by atoms with Gasteiger partial charge in [-0.1, -0.05) is 12.1 Å². The maximum Gasteiger partial charge on any atom is 0.255 e. The topological polar surface area (TPSA) is 72.3 Å².